The van der Waals surface area contributed by atoms with Crippen molar-refractivity contribution in [2.75, 3.05) is 27.3 Å². The molecule has 0 saturated carbocycles. The third-order valence-corrected chi connectivity index (χ3v) is 6.43. The highest BCUT2D eigenvalue weighted by atomic mass is 19.1. The summed E-state index contributed by atoms with van der Waals surface area (Å²) in [7, 11) is 2.91. The number of carbonyl (C=O) groups is 1. The number of benzene rings is 1. The van der Waals surface area contributed by atoms with Crippen molar-refractivity contribution in [3.63, 3.8) is 0 Å². The molecule has 1 atom stereocenters. The molecule has 0 radical (unpaired) electrons. The summed E-state index contributed by atoms with van der Waals surface area (Å²) in [5.74, 6) is -2.47. The topological polar surface area (TPSA) is 107 Å². The Labute approximate surface area is 212 Å². The van der Waals surface area contributed by atoms with E-state index in [1.54, 1.807) is 18.2 Å². The van der Waals surface area contributed by atoms with Gasteiger partial charge in [0.25, 0.3) is 11.5 Å². The molecule has 1 aromatic carbocycles. The second kappa shape index (κ2) is 10.9. The number of methoxy groups -OCH3 is 2. The Balaban J connectivity index is 1.78. The number of nitrogens with zero attached hydrogens (tertiary/aromatic N) is 4. The van der Waals surface area contributed by atoms with Crippen LogP contribution >= 0.6 is 0 Å². The van der Waals surface area contributed by atoms with Crippen LogP contribution in [0, 0.1) is 11.6 Å². The van der Waals surface area contributed by atoms with E-state index in [0.717, 1.165) is 18.7 Å². The van der Waals surface area contributed by atoms with Gasteiger partial charge in [0.15, 0.2) is 5.56 Å². The Bertz CT molecular complexity index is 1360. The summed E-state index contributed by atoms with van der Waals surface area (Å²) in [4.78, 5) is 35.9. The first-order chi connectivity index (χ1) is 17.8. The molecular formula is C26H28F2N4O5. The zero-order valence-corrected chi connectivity index (χ0v) is 20.8. The molecule has 1 N–H and O–H groups in total. The van der Waals surface area contributed by atoms with E-state index in [1.807, 2.05) is 6.92 Å². The number of aromatic nitrogens is 3. The van der Waals surface area contributed by atoms with Gasteiger partial charge in [-0.3, -0.25) is 19.1 Å². The van der Waals surface area contributed by atoms with Crippen molar-refractivity contribution < 1.29 is 28.2 Å². The quantitative estimate of drug-likeness (QED) is 0.490. The van der Waals surface area contributed by atoms with E-state index < -0.39 is 40.5 Å². The number of aryl methyl sites for hydroxylation is 1. The molecule has 0 spiro atoms. The molecule has 0 bridgehead atoms. The Hall–Kier alpha value is -4.02. The van der Waals surface area contributed by atoms with Gasteiger partial charge in [-0.2, -0.15) is 4.98 Å². The average molecular weight is 515 g/mol. The van der Waals surface area contributed by atoms with E-state index in [2.05, 4.69) is 9.97 Å². The number of amides is 1. The zero-order chi connectivity index (χ0) is 26.7. The first kappa shape index (κ1) is 26.1. The molecular weight excluding hydrogens is 486 g/mol. The van der Waals surface area contributed by atoms with Crippen molar-refractivity contribution in [3.8, 4) is 23.1 Å². The third-order valence-electron chi connectivity index (χ3n) is 6.43. The van der Waals surface area contributed by atoms with Gasteiger partial charge in [-0.05, 0) is 25.0 Å². The minimum atomic E-state index is -0.867. The summed E-state index contributed by atoms with van der Waals surface area (Å²) in [5, 5.41) is 11.4. The maximum absolute atomic E-state index is 14.3. The first-order valence-electron chi connectivity index (χ1n) is 12.0. The van der Waals surface area contributed by atoms with E-state index in [0.29, 0.717) is 36.4 Å². The molecule has 196 valence electrons. The molecule has 9 nitrogen and oxygen atoms in total. The van der Waals surface area contributed by atoms with Crippen LogP contribution in [0.5, 0.6) is 17.4 Å². The minimum absolute atomic E-state index is 0.0445. The van der Waals surface area contributed by atoms with Crippen LogP contribution in [0.1, 0.15) is 54.0 Å². The van der Waals surface area contributed by atoms with Gasteiger partial charge in [0.2, 0.25) is 5.88 Å². The normalized spacial score (nSPS) is 15.2. The second-order valence-corrected chi connectivity index (χ2v) is 8.74. The molecule has 3 heterocycles. The van der Waals surface area contributed by atoms with Crippen LogP contribution in [0.3, 0.4) is 0 Å². The maximum Gasteiger partial charge on any atom is 0.289 e. The van der Waals surface area contributed by atoms with Crippen molar-refractivity contribution in [3.05, 3.63) is 69.5 Å². The van der Waals surface area contributed by atoms with Gasteiger partial charge in [0.05, 0.1) is 26.1 Å². The molecule has 1 unspecified atom stereocenters. The average Bonchev–Trinajstić information content (AvgIpc) is 3.37. The summed E-state index contributed by atoms with van der Waals surface area (Å²) in [6.07, 6.45) is 3.13. The number of rotatable bonds is 8. The molecule has 1 aliphatic heterocycles. The number of hydrogen-bond acceptors (Lipinski definition) is 7. The van der Waals surface area contributed by atoms with Crippen LogP contribution in [0.2, 0.25) is 0 Å². The SMILES string of the molecule is CCCCc1nc(=O)c(C(=O)N2CCC(c3ncc(F)cc3F)C2)c(O)n1-c1c(OC)cccc1OC. The molecule has 1 aliphatic rings. The number of carbonyl (C=O) groups excluding carboxylic acids is 1. The van der Waals surface area contributed by atoms with Crippen LogP contribution in [-0.4, -0.2) is 57.8 Å². The molecule has 1 fully saturated rings. The smallest absolute Gasteiger partial charge is 0.289 e. The van der Waals surface area contributed by atoms with Crippen molar-refractivity contribution in [1.29, 1.82) is 0 Å². The number of hydrogen-bond donors (Lipinski definition) is 1. The Morgan fingerprint density at radius 1 is 1.22 bits per heavy atom. The standard InChI is InChI=1S/C26H28F2N4O5/c1-4-5-9-20-30-24(33)21(26(35)32(20)23-18(36-2)7-6-8-19(23)37-3)25(34)31-11-10-15(14-31)22-17(28)12-16(27)13-29-22/h6-8,12-13,15,35H,4-5,9-11,14H2,1-3H3. The molecule has 2 aromatic heterocycles. The van der Waals surface area contributed by atoms with Crippen molar-refractivity contribution in [2.24, 2.45) is 0 Å². The summed E-state index contributed by atoms with van der Waals surface area (Å²) in [6.45, 7) is 2.21. The summed E-state index contributed by atoms with van der Waals surface area (Å²) in [6, 6.07) is 5.78. The highest BCUT2D eigenvalue weighted by Gasteiger charge is 2.35. The summed E-state index contributed by atoms with van der Waals surface area (Å²) >= 11 is 0. The Morgan fingerprint density at radius 3 is 2.54 bits per heavy atom. The predicted molar refractivity (Wildman–Crippen MR) is 131 cm³/mol. The molecule has 3 aromatic rings. The van der Waals surface area contributed by atoms with Crippen LogP contribution in [-0.2, 0) is 6.42 Å². The minimum Gasteiger partial charge on any atom is -0.494 e. The number of likely N-dealkylation sites (tertiary alicyclic amines) is 1. The number of pyridine rings is 1. The Kier molecular flexibility index (Phi) is 7.70. The van der Waals surface area contributed by atoms with Crippen LogP contribution in [0.25, 0.3) is 5.69 Å². The lowest BCUT2D eigenvalue weighted by Gasteiger charge is -2.22. The van der Waals surface area contributed by atoms with Gasteiger partial charge in [-0.1, -0.05) is 19.4 Å². The maximum atomic E-state index is 14.3. The highest BCUT2D eigenvalue weighted by molar-refractivity contribution is 5.96. The lowest BCUT2D eigenvalue weighted by atomic mass is 10.0. The van der Waals surface area contributed by atoms with E-state index in [4.69, 9.17) is 9.47 Å². The van der Waals surface area contributed by atoms with E-state index >= 15 is 0 Å². The number of aromatic hydroxyl groups is 1. The number of unbranched alkanes of at least 4 members (excludes halogenated alkanes) is 1. The van der Waals surface area contributed by atoms with Gasteiger partial charge in [0, 0.05) is 31.5 Å². The fourth-order valence-electron chi connectivity index (χ4n) is 4.58. The van der Waals surface area contributed by atoms with Crippen LogP contribution < -0.4 is 15.0 Å². The molecule has 1 amide bonds. The van der Waals surface area contributed by atoms with E-state index in [-0.39, 0.29) is 24.6 Å². The fourth-order valence-corrected chi connectivity index (χ4v) is 4.58. The van der Waals surface area contributed by atoms with Gasteiger partial charge < -0.3 is 19.5 Å². The lowest BCUT2D eigenvalue weighted by molar-refractivity contribution is 0.0783. The molecule has 0 aliphatic carbocycles. The predicted octanol–water partition coefficient (Wildman–Crippen LogP) is 3.60. The molecule has 1 saturated heterocycles. The fraction of sp³-hybridized carbons (Fsp3) is 0.385. The van der Waals surface area contributed by atoms with Gasteiger partial charge >= 0.3 is 0 Å². The summed E-state index contributed by atoms with van der Waals surface area (Å²) < 4.78 is 39.9. The molecule has 4 rings (SSSR count). The Morgan fingerprint density at radius 2 is 1.92 bits per heavy atom. The van der Waals surface area contributed by atoms with Gasteiger partial charge in [-0.25, -0.2) is 8.78 Å². The van der Waals surface area contributed by atoms with Gasteiger partial charge in [-0.15, -0.1) is 0 Å². The number of halogens is 2. The zero-order valence-electron chi connectivity index (χ0n) is 20.8. The van der Waals surface area contributed by atoms with Crippen molar-refractivity contribution in [1.82, 2.24) is 19.4 Å². The first-order valence-corrected chi connectivity index (χ1v) is 12.0. The van der Waals surface area contributed by atoms with E-state index in [9.17, 15) is 23.5 Å². The number of ether oxygens (including phenoxy) is 2. The van der Waals surface area contributed by atoms with Gasteiger partial charge in [0.1, 0.15) is 34.6 Å². The monoisotopic (exact) mass is 514 g/mol. The van der Waals surface area contributed by atoms with E-state index in [1.165, 1.54) is 23.7 Å². The summed E-state index contributed by atoms with van der Waals surface area (Å²) in [5.41, 5.74) is -1.03. The van der Waals surface area contributed by atoms with Crippen LogP contribution in [0.15, 0.2) is 35.3 Å². The molecule has 11 heteroatoms. The highest BCUT2D eigenvalue weighted by Crippen LogP contribution is 2.37. The van der Waals surface area contributed by atoms with Crippen molar-refractivity contribution in [2.45, 2.75) is 38.5 Å². The second-order valence-electron chi connectivity index (χ2n) is 8.74. The molecule has 37 heavy (non-hydrogen) atoms. The largest absolute Gasteiger partial charge is 0.494 e. The van der Waals surface area contributed by atoms with Crippen LogP contribution in [0.4, 0.5) is 8.78 Å². The lowest BCUT2D eigenvalue weighted by Crippen LogP contribution is -2.35. The number of para-hydroxylation sites is 1. The van der Waals surface area contributed by atoms with Crippen molar-refractivity contribution >= 4 is 5.91 Å². The third kappa shape index (κ3) is 4.98.